The van der Waals surface area contributed by atoms with E-state index in [-0.39, 0.29) is 5.91 Å². The number of methoxy groups -OCH3 is 1. The summed E-state index contributed by atoms with van der Waals surface area (Å²) >= 11 is 0. The summed E-state index contributed by atoms with van der Waals surface area (Å²) in [4.78, 5) is 16.8. The van der Waals surface area contributed by atoms with Gasteiger partial charge in [-0.2, -0.15) is 5.10 Å². The molecule has 0 atom stereocenters. The highest BCUT2D eigenvalue weighted by atomic mass is 16.5. The first-order valence-electron chi connectivity index (χ1n) is 7.51. The fraction of sp³-hybridized carbons (Fsp3) is 0.167. The van der Waals surface area contributed by atoms with E-state index in [9.17, 15) is 4.79 Å². The number of carbonyl (C=O) groups is 1. The largest absolute Gasteiger partial charge is 0.380 e. The van der Waals surface area contributed by atoms with E-state index in [1.165, 1.54) is 0 Å². The average molecular weight is 322 g/mol. The zero-order valence-corrected chi connectivity index (χ0v) is 13.6. The molecule has 3 aromatic rings. The van der Waals surface area contributed by atoms with Gasteiger partial charge in [-0.3, -0.25) is 9.48 Å². The summed E-state index contributed by atoms with van der Waals surface area (Å²) in [7, 11) is 3.42. The summed E-state index contributed by atoms with van der Waals surface area (Å²) in [6, 6.07) is 14.9. The van der Waals surface area contributed by atoms with Gasteiger partial charge >= 0.3 is 0 Å². The van der Waals surface area contributed by atoms with Gasteiger partial charge in [-0.15, -0.1) is 0 Å². The maximum atomic E-state index is 12.6. The molecule has 24 heavy (non-hydrogen) atoms. The number of anilines is 1. The smallest absolute Gasteiger partial charge is 0.256 e. The number of hydrogen-bond acceptors (Lipinski definition) is 4. The second-order valence-corrected chi connectivity index (χ2v) is 5.37. The van der Waals surface area contributed by atoms with Crippen molar-refractivity contribution in [3.05, 3.63) is 66.0 Å². The van der Waals surface area contributed by atoms with Crippen LogP contribution in [0.2, 0.25) is 0 Å². The van der Waals surface area contributed by atoms with Crippen molar-refractivity contribution in [2.75, 3.05) is 12.4 Å². The first kappa shape index (κ1) is 15.9. The van der Waals surface area contributed by atoms with E-state index in [2.05, 4.69) is 15.4 Å². The van der Waals surface area contributed by atoms with E-state index < -0.39 is 0 Å². The molecule has 3 rings (SSSR count). The minimum Gasteiger partial charge on any atom is -0.380 e. The third kappa shape index (κ3) is 3.49. The third-order valence-corrected chi connectivity index (χ3v) is 3.54. The summed E-state index contributed by atoms with van der Waals surface area (Å²) in [5.74, 6) is 0.446. The van der Waals surface area contributed by atoms with Crippen LogP contribution in [-0.4, -0.2) is 27.8 Å². The summed E-state index contributed by atoms with van der Waals surface area (Å²) in [6.45, 7) is 0.390. The molecule has 6 heteroatoms. The molecule has 0 saturated carbocycles. The van der Waals surface area contributed by atoms with Gasteiger partial charge in [-0.1, -0.05) is 30.3 Å². The van der Waals surface area contributed by atoms with E-state index in [1.54, 1.807) is 24.2 Å². The molecule has 0 spiro atoms. The van der Waals surface area contributed by atoms with E-state index in [1.807, 2.05) is 49.5 Å². The van der Waals surface area contributed by atoms with Gasteiger partial charge in [0.25, 0.3) is 5.91 Å². The van der Waals surface area contributed by atoms with Crippen LogP contribution in [-0.2, 0) is 18.4 Å². The molecule has 0 aliphatic heterocycles. The Kier molecular flexibility index (Phi) is 4.67. The van der Waals surface area contributed by atoms with Crippen LogP contribution in [0.3, 0.4) is 0 Å². The Morgan fingerprint density at radius 1 is 1.21 bits per heavy atom. The van der Waals surface area contributed by atoms with Crippen LogP contribution >= 0.6 is 0 Å². The van der Waals surface area contributed by atoms with Crippen molar-refractivity contribution in [2.24, 2.45) is 7.05 Å². The maximum Gasteiger partial charge on any atom is 0.256 e. The highest BCUT2D eigenvalue weighted by Crippen LogP contribution is 2.20. The minimum absolute atomic E-state index is 0.172. The average Bonchev–Trinajstić information content (AvgIpc) is 3.02. The number of nitrogens with one attached hydrogen (secondary N) is 1. The van der Waals surface area contributed by atoms with Crippen LogP contribution in [0.1, 0.15) is 15.9 Å². The zero-order valence-electron chi connectivity index (χ0n) is 13.6. The molecule has 1 aromatic heterocycles. The van der Waals surface area contributed by atoms with Crippen LogP contribution in [0.5, 0.6) is 0 Å². The molecule has 0 saturated heterocycles. The summed E-state index contributed by atoms with van der Waals surface area (Å²) < 4.78 is 6.79. The lowest BCUT2D eigenvalue weighted by Gasteiger charge is -2.10. The van der Waals surface area contributed by atoms with Crippen molar-refractivity contribution in [1.29, 1.82) is 0 Å². The van der Waals surface area contributed by atoms with Gasteiger partial charge < -0.3 is 10.1 Å². The van der Waals surface area contributed by atoms with Gasteiger partial charge in [0.2, 0.25) is 0 Å². The number of ether oxygens (including phenoxy) is 1. The Morgan fingerprint density at radius 2 is 2.04 bits per heavy atom. The van der Waals surface area contributed by atoms with Crippen LogP contribution in [0.15, 0.2) is 54.9 Å². The molecule has 1 amide bonds. The monoisotopic (exact) mass is 322 g/mol. The fourth-order valence-electron chi connectivity index (χ4n) is 2.43. The van der Waals surface area contributed by atoms with E-state index in [0.717, 1.165) is 11.1 Å². The van der Waals surface area contributed by atoms with Gasteiger partial charge in [0.1, 0.15) is 6.33 Å². The van der Waals surface area contributed by atoms with Gasteiger partial charge in [-0.05, 0) is 23.8 Å². The molecule has 1 heterocycles. The quantitative estimate of drug-likeness (QED) is 0.784. The number of benzene rings is 2. The molecular formula is C18H18N4O2. The highest BCUT2D eigenvalue weighted by molar-refractivity contribution is 6.05. The molecule has 0 radical (unpaired) electrons. The maximum absolute atomic E-state index is 12.6. The molecular weight excluding hydrogens is 304 g/mol. The normalized spacial score (nSPS) is 10.6. The van der Waals surface area contributed by atoms with Crippen molar-refractivity contribution >= 4 is 11.6 Å². The lowest BCUT2D eigenvalue weighted by molar-refractivity contribution is 0.102. The molecule has 122 valence electrons. The van der Waals surface area contributed by atoms with Crippen molar-refractivity contribution in [2.45, 2.75) is 6.61 Å². The Balaban J connectivity index is 1.83. The summed E-state index contributed by atoms with van der Waals surface area (Å²) in [5.41, 5.74) is 2.98. The van der Waals surface area contributed by atoms with Crippen LogP contribution < -0.4 is 5.32 Å². The minimum atomic E-state index is -0.172. The van der Waals surface area contributed by atoms with Crippen molar-refractivity contribution in [3.8, 4) is 11.4 Å². The number of aromatic nitrogens is 3. The van der Waals surface area contributed by atoms with Crippen molar-refractivity contribution in [1.82, 2.24) is 14.8 Å². The first-order valence-corrected chi connectivity index (χ1v) is 7.51. The second kappa shape index (κ2) is 7.06. The Morgan fingerprint density at radius 3 is 2.79 bits per heavy atom. The molecule has 0 aliphatic carbocycles. The van der Waals surface area contributed by atoms with Gasteiger partial charge in [-0.25, -0.2) is 4.98 Å². The Bertz CT molecular complexity index is 857. The van der Waals surface area contributed by atoms with Crippen LogP contribution in [0, 0.1) is 0 Å². The molecule has 0 unspecified atom stereocenters. The summed E-state index contributed by atoms with van der Waals surface area (Å²) in [6.07, 6.45) is 1.64. The number of hydrogen-bond donors (Lipinski definition) is 1. The Labute approximate surface area is 140 Å². The van der Waals surface area contributed by atoms with Crippen LogP contribution in [0.25, 0.3) is 11.4 Å². The predicted molar refractivity (Wildman–Crippen MR) is 91.5 cm³/mol. The van der Waals surface area contributed by atoms with Crippen molar-refractivity contribution < 1.29 is 9.53 Å². The third-order valence-electron chi connectivity index (χ3n) is 3.54. The van der Waals surface area contributed by atoms with Gasteiger partial charge in [0.05, 0.1) is 6.61 Å². The van der Waals surface area contributed by atoms with E-state index in [0.29, 0.717) is 23.7 Å². The molecule has 6 nitrogen and oxygen atoms in total. The fourth-order valence-corrected chi connectivity index (χ4v) is 2.43. The lowest BCUT2D eigenvalue weighted by atomic mass is 10.1. The molecule has 0 aliphatic rings. The SMILES string of the molecule is COCc1ccccc1C(=O)Nc1cccc(-c2ncn(C)n2)c1. The molecule has 0 fully saturated rings. The van der Waals surface area contributed by atoms with E-state index >= 15 is 0 Å². The lowest BCUT2D eigenvalue weighted by Crippen LogP contribution is -2.14. The zero-order chi connectivity index (χ0) is 16.9. The number of amides is 1. The Hall–Kier alpha value is -2.99. The molecule has 0 bridgehead atoms. The van der Waals surface area contributed by atoms with Crippen LogP contribution in [0.4, 0.5) is 5.69 Å². The van der Waals surface area contributed by atoms with Gasteiger partial charge in [0.15, 0.2) is 5.82 Å². The van der Waals surface area contributed by atoms with Crippen molar-refractivity contribution in [3.63, 3.8) is 0 Å². The molecule has 1 N–H and O–H groups in total. The summed E-state index contributed by atoms with van der Waals surface area (Å²) in [5, 5.41) is 7.19. The highest BCUT2D eigenvalue weighted by Gasteiger charge is 2.12. The first-order chi connectivity index (χ1) is 11.7. The second-order valence-electron chi connectivity index (χ2n) is 5.37. The van der Waals surface area contributed by atoms with Gasteiger partial charge in [0, 0.05) is 31.0 Å². The predicted octanol–water partition coefficient (Wildman–Crippen LogP) is 2.88. The number of carbonyl (C=O) groups excluding carboxylic acids is 1. The molecule has 2 aromatic carbocycles. The standard InChI is InChI=1S/C18H18N4O2/c1-22-12-19-17(21-22)13-7-5-8-15(10-13)20-18(23)16-9-4-3-6-14(16)11-24-2/h3-10,12H,11H2,1-2H3,(H,20,23). The van der Waals surface area contributed by atoms with E-state index in [4.69, 9.17) is 4.74 Å². The topological polar surface area (TPSA) is 69.0 Å². The number of aryl methyl sites for hydroxylation is 1. The number of nitrogens with zero attached hydrogens (tertiary/aromatic N) is 3. The number of rotatable bonds is 5.